The van der Waals surface area contributed by atoms with Crippen LogP contribution in [0.5, 0.6) is 5.88 Å². The Morgan fingerprint density at radius 2 is 1.88 bits per heavy atom. The Bertz CT molecular complexity index is 1020. The maximum absolute atomic E-state index is 12.4. The molecular formula is C23H27N7O2. The molecule has 9 nitrogen and oxygen atoms in total. The van der Waals surface area contributed by atoms with E-state index in [0.29, 0.717) is 47.8 Å². The van der Waals surface area contributed by atoms with Gasteiger partial charge in [0, 0.05) is 37.6 Å². The van der Waals surface area contributed by atoms with E-state index in [9.17, 15) is 4.79 Å². The van der Waals surface area contributed by atoms with Gasteiger partial charge >= 0.3 is 0 Å². The minimum Gasteiger partial charge on any atom is -0.474 e. The van der Waals surface area contributed by atoms with E-state index in [-0.39, 0.29) is 12.0 Å². The third kappa shape index (κ3) is 6.13. The molecule has 0 aromatic carbocycles. The van der Waals surface area contributed by atoms with E-state index in [1.807, 2.05) is 25.1 Å². The Morgan fingerprint density at radius 1 is 1.03 bits per heavy atom. The molecule has 0 unspecified atom stereocenters. The smallest absolute Gasteiger partial charge is 0.252 e. The maximum atomic E-state index is 12.4. The Kier molecular flexibility index (Phi) is 7.06. The van der Waals surface area contributed by atoms with Crippen molar-refractivity contribution in [3.63, 3.8) is 0 Å². The van der Waals surface area contributed by atoms with Crippen molar-refractivity contribution in [2.24, 2.45) is 0 Å². The van der Waals surface area contributed by atoms with Gasteiger partial charge in [-0.1, -0.05) is 6.07 Å². The van der Waals surface area contributed by atoms with E-state index >= 15 is 0 Å². The second-order valence-corrected chi connectivity index (χ2v) is 7.62. The van der Waals surface area contributed by atoms with Gasteiger partial charge in [0.15, 0.2) is 0 Å². The summed E-state index contributed by atoms with van der Waals surface area (Å²) in [4.78, 5) is 29.6. The zero-order valence-electron chi connectivity index (χ0n) is 18.0. The summed E-state index contributed by atoms with van der Waals surface area (Å²) in [5.74, 6) is 3.04. The summed E-state index contributed by atoms with van der Waals surface area (Å²) in [6.45, 7) is 2.77. The number of aromatic nitrogens is 4. The highest BCUT2D eigenvalue weighted by Gasteiger charge is 2.17. The third-order valence-electron chi connectivity index (χ3n) is 5.06. The molecule has 0 bridgehead atoms. The molecule has 0 spiro atoms. The van der Waals surface area contributed by atoms with Crippen molar-refractivity contribution in [3.8, 4) is 5.88 Å². The largest absolute Gasteiger partial charge is 0.474 e. The second kappa shape index (κ2) is 10.5. The summed E-state index contributed by atoms with van der Waals surface area (Å²) < 4.78 is 5.84. The number of hydrogen-bond donors (Lipinski definition) is 3. The molecule has 3 aromatic heterocycles. The van der Waals surface area contributed by atoms with Crippen molar-refractivity contribution in [3.05, 3.63) is 60.2 Å². The summed E-state index contributed by atoms with van der Waals surface area (Å²) in [7, 11) is 0. The molecule has 1 aliphatic rings. The topological polar surface area (TPSA) is 114 Å². The van der Waals surface area contributed by atoms with Crippen LogP contribution in [0.25, 0.3) is 0 Å². The van der Waals surface area contributed by atoms with Gasteiger partial charge in [0.25, 0.3) is 5.91 Å². The normalized spacial score (nSPS) is 13.5. The van der Waals surface area contributed by atoms with E-state index in [4.69, 9.17) is 4.74 Å². The van der Waals surface area contributed by atoms with Gasteiger partial charge in [-0.25, -0.2) is 19.9 Å². The van der Waals surface area contributed by atoms with Gasteiger partial charge < -0.3 is 20.7 Å². The quantitative estimate of drug-likeness (QED) is 0.440. The standard InChI is InChI=1S/C23H27N7O2/c1-16-28-20(14-21(29-16)30-19-8-4-5-11-24-19)25-12-13-26-23(31)17-9-10-22(27-15-17)32-18-6-2-3-7-18/h4-5,8-11,14-15,18H,2-3,6-7,12-13H2,1H3,(H,26,31)(H2,24,25,28,29,30). The minimum atomic E-state index is -0.178. The molecule has 0 atom stereocenters. The van der Waals surface area contributed by atoms with E-state index in [0.717, 1.165) is 12.8 Å². The van der Waals surface area contributed by atoms with Gasteiger partial charge in [-0.3, -0.25) is 4.79 Å². The van der Waals surface area contributed by atoms with Crippen molar-refractivity contribution in [1.29, 1.82) is 0 Å². The van der Waals surface area contributed by atoms with Crippen molar-refractivity contribution in [2.75, 3.05) is 23.7 Å². The van der Waals surface area contributed by atoms with Crippen molar-refractivity contribution < 1.29 is 9.53 Å². The Labute approximate surface area is 187 Å². The van der Waals surface area contributed by atoms with Gasteiger partial charge in [0.2, 0.25) is 5.88 Å². The second-order valence-electron chi connectivity index (χ2n) is 7.62. The van der Waals surface area contributed by atoms with Gasteiger partial charge in [-0.15, -0.1) is 0 Å². The number of nitrogens with one attached hydrogen (secondary N) is 3. The molecule has 1 amide bonds. The fraction of sp³-hybridized carbons (Fsp3) is 0.348. The monoisotopic (exact) mass is 433 g/mol. The van der Waals surface area contributed by atoms with Crippen LogP contribution in [0.4, 0.5) is 17.5 Å². The number of carbonyl (C=O) groups excluding carboxylic acids is 1. The Morgan fingerprint density at radius 3 is 2.62 bits per heavy atom. The average molecular weight is 434 g/mol. The molecule has 32 heavy (non-hydrogen) atoms. The van der Waals surface area contributed by atoms with Gasteiger partial charge in [-0.2, -0.15) is 0 Å². The highest BCUT2D eigenvalue weighted by atomic mass is 16.5. The van der Waals surface area contributed by atoms with Crippen LogP contribution in [0.15, 0.2) is 48.8 Å². The molecule has 3 heterocycles. The number of carbonyl (C=O) groups is 1. The molecule has 3 N–H and O–H groups in total. The number of rotatable bonds is 9. The van der Waals surface area contributed by atoms with Crippen LogP contribution in [0.3, 0.4) is 0 Å². The number of pyridine rings is 2. The van der Waals surface area contributed by atoms with Gasteiger partial charge in [0.05, 0.1) is 5.56 Å². The first kappa shape index (κ1) is 21.5. The number of anilines is 3. The summed E-state index contributed by atoms with van der Waals surface area (Å²) in [6, 6.07) is 10.9. The molecule has 9 heteroatoms. The molecule has 0 saturated heterocycles. The van der Waals surface area contributed by atoms with Crippen LogP contribution < -0.4 is 20.7 Å². The average Bonchev–Trinajstić information content (AvgIpc) is 3.30. The van der Waals surface area contributed by atoms with Crippen LogP contribution in [0, 0.1) is 6.92 Å². The fourth-order valence-electron chi connectivity index (χ4n) is 3.52. The van der Waals surface area contributed by atoms with Gasteiger partial charge in [0.1, 0.15) is 29.4 Å². The predicted molar refractivity (Wildman–Crippen MR) is 122 cm³/mol. The number of hydrogen-bond acceptors (Lipinski definition) is 8. The molecular weight excluding hydrogens is 406 g/mol. The number of ether oxygens (including phenoxy) is 1. The molecule has 1 aliphatic carbocycles. The number of aryl methyl sites for hydroxylation is 1. The highest BCUT2D eigenvalue weighted by molar-refractivity contribution is 5.93. The molecule has 0 radical (unpaired) electrons. The zero-order chi connectivity index (χ0) is 22.2. The lowest BCUT2D eigenvalue weighted by molar-refractivity contribution is 0.0954. The van der Waals surface area contributed by atoms with Gasteiger partial charge in [-0.05, 0) is 50.8 Å². The molecule has 0 aliphatic heterocycles. The third-order valence-corrected chi connectivity index (χ3v) is 5.06. The molecule has 3 aromatic rings. The van der Waals surface area contributed by atoms with E-state index < -0.39 is 0 Å². The first-order valence-corrected chi connectivity index (χ1v) is 10.8. The van der Waals surface area contributed by atoms with Crippen LogP contribution >= 0.6 is 0 Å². The lowest BCUT2D eigenvalue weighted by Gasteiger charge is -2.12. The summed E-state index contributed by atoms with van der Waals surface area (Å²) in [5.41, 5.74) is 0.503. The first-order valence-electron chi connectivity index (χ1n) is 10.8. The minimum absolute atomic E-state index is 0.178. The first-order chi connectivity index (χ1) is 15.7. The molecule has 166 valence electrons. The van der Waals surface area contributed by atoms with Crippen LogP contribution in [0.1, 0.15) is 41.9 Å². The number of nitrogens with zero attached hydrogens (tertiary/aromatic N) is 4. The van der Waals surface area contributed by atoms with E-state index in [1.165, 1.54) is 12.8 Å². The van der Waals surface area contributed by atoms with Crippen molar-refractivity contribution in [2.45, 2.75) is 38.7 Å². The molecule has 1 fully saturated rings. The lowest BCUT2D eigenvalue weighted by atomic mass is 10.2. The highest BCUT2D eigenvalue weighted by Crippen LogP contribution is 2.22. The van der Waals surface area contributed by atoms with Crippen molar-refractivity contribution >= 4 is 23.4 Å². The molecule has 1 saturated carbocycles. The van der Waals surface area contributed by atoms with Crippen LogP contribution in [-0.4, -0.2) is 45.0 Å². The Balaban J connectivity index is 1.23. The van der Waals surface area contributed by atoms with E-state index in [1.54, 1.807) is 30.6 Å². The summed E-state index contributed by atoms with van der Waals surface area (Å²) >= 11 is 0. The summed E-state index contributed by atoms with van der Waals surface area (Å²) in [6.07, 6.45) is 8.07. The van der Waals surface area contributed by atoms with Crippen LogP contribution in [-0.2, 0) is 0 Å². The SMILES string of the molecule is Cc1nc(NCCNC(=O)c2ccc(OC3CCCC3)nc2)cc(Nc2ccccn2)n1. The summed E-state index contributed by atoms with van der Waals surface area (Å²) in [5, 5.41) is 9.24. The predicted octanol–water partition coefficient (Wildman–Crippen LogP) is 3.48. The Hall–Kier alpha value is -3.75. The zero-order valence-corrected chi connectivity index (χ0v) is 18.0. The van der Waals surface area contributed by atoms with Crippen molar-refractivity contribution in [1.82, 2.24) is 25.3 Å². The molecule has 4 rings (SSSR count). The fourth-order valence-corrected chi connectivity index (χ4v) is 3.52. The van der Waals surface area contributed by atoms with E-state index in [2.05, 4.69) is 35.9 Å². The number of amides is 1. The lowest BCUT2D eigenvalue weighted by Crippen LogP contribution is -2.29. The van der Waals surface area contributed by atoms with Crippen LogP contribution in [0.2, 0.25) is 0 Å². The maximum Gasteiger partial charge on any atom is 0.252 e.